The summed E-state index contributed by atoms with van der Waals surface area (Å²) >= 11 is 3.93. The Bertz CT molecular complexity index is 113. The van der Waals surface area contributed by atoms with Gasteiger partial charge in [0.1, 0.15) is 0 Å². The van der Waals surface area contributed by atoms with E-state index in [1.54, 1.807) is 0 Å². The van der Waals surface area contributed by atoms with Crippen LogP contribution in [-0.4, -0.2) is 33.7 Å². The highest BCUT2D eigenvalue weighted by Crippen LogP contribution is 2.28. The van der Waals surface area contributed by atoms with E-state index < -0.39 is 0 Å². The van der Waals surface area contributed by atoms with Crippen LogP contribution < -0.4 is 0 Å². The van der Waals surface area contributed by atoms with Gasteiger partial charge in [0.05, 0.1) is 6.10 Å². The highest BCUT2D eigenvalue weighted by atomic mass is 32.2. The molecule has 1 nitrogen and oxygen atoms in total. The first-order valence-electron chi connectivity index (χ1n) is 4.72. The molecule has 1 aliphatic heterocycles. The van der Waals surface area contributed by atoms with E-state index in [4.69, 9.17) is 0 Å². The predicted octanol–water partition coefficient (Wildman–Crippen LogP) is 2.39. The van der Waals surface area contributed by atoms with Crippen molar-refractivity contribution in [1.82, 2.24) is 0 Å². The molecule has 0 amide bonds. The quantitative estimate of drug-likeness (QED) is 0.763. The molecule has 12 heavy (non-hydrogen) atoms. The van der Waals surface area contributed by atoms with Crippen LogP contribution >= 0.6 is 23.5 Å². The molecule has 0 aromatic carbocycles. The molecule has 1 saturated heterocycles. The molecule has 1 rings (SSSR count). The number of hydrogen-bond donors (Lipinski definition) is 1. The smallest absolute Gasteiger partial charge is 0.0666 e. The Balaban J connectivity index is 2.15. The summed E-state index contributed by atoms with van der Waals surface area (Å²) in [4.78, 5) is 0. The van der Waals surface area contributed by atoms with Crippen LogP contribution in [0.3, 0.4) is 0 Å². The van der Waals surface area contributed by atoms with Crippen LogP contribution in [0.2, 0.25) is 0 Å². The van der Waals surface area contributed by atoms with Crippen LogP contribution in [0.25, 0.3) is 0 Å². The fraction of sp³-hybridized carbons (Fsp3) is 1.00. The first kappa shape index (κ1) is 10.7. The molecule has 2 atom stereocenters. The summed E-state index contributed by atoms with van der Waals surface area (Å²) < 4.78 is 0. The maximum Gasteiger partial charge on any atom is 0.0666 e. The molecule has 72 valence electrons. The third-order valence-electron chi connectivity index (χ3n) is 2.12. The number of thioether (sulfide) groups is 2. The third kappa shape index (κ3) is 3.58. The SMILES string of the molecule is CCCCC(O)C1CSCCS1. The van der Waals surface area contributed by atoms with Gasteiger partial charge in [-0.25, -0.2) is 0 Å². The molecule has 1 heterocycles. The zero-order valence-electron chi connectivity index (χ0n) is 7.66. The molecular weight excluding hydrogens is 188 g/mol. The minimum absolute atomic E-state index is 0.0530. The highest BCUT2D eigenvalue weighted by molar-refractivity contribution is 8.06. The molecule has 1 fully saturated rings. The standard InChI is InChI=1S/C9H18OS2/c1-2-3-4-8(10)9-7-11-5-6-12-9/h8-10H,2-7H2,1H3. The Kier molecular flexibility index (Phi) is 5.52. The zero-order valence-corrected chi connectivity index (χ0v) is 9.29. The third-order valence-corrected chi connectivity index (χ3v) is 5.03. The van der Waals surface area contributed by atoms with Gasteiger partial charge in [0, 0.05) is 22.5 Å². The van der Waals surface area contributed by atoms with E-state index in [2.05, 4.69) is 6.92 Å². The number of hydrogen-bond acceptors (Lipinski definition) is 3. The van der Waals surface area contributed by atoms with E-state index in [0.29, 0.717) is 5.25 Å². The molecule has 0 saturated carbocycles. The van der Waals surface area contributed by atoms with Gasteiger partial charge in [-0.3, -0.25) is 0 Å². The van der Waals surface area contributed by atoms with Crippen LogP contribution in [0.15, 0.2) is 0 Å². The van der Waals surface area contributed by atoms with Gasteiger partial charge in [-0.1, -0.05) is 19.8 Å². The van der Waals surface area contributed by atoms with Crippen molar-refractivity contribution in [1.29, 1.82) is 0 Å². The predicted molar refractivity (Wildman–Crippen MR) is 59.1 cm³/mol. The maximum atomic E-state index is 9.77. The summed E-state index contributed by atoms with van der Waals surface area (Å²) in [6, 6.07) is 0. The minimum atomic E-state index is -0.0530. The molecule has 3 heteroatoms. The highest BCUT2D eigenvalue weighted by Gasteiger charge is 2.21. The van der Waals surface area contributed by atoms with E-state index in [9.17, 15) is 5.11 Å². The molecule has 0 aliphatic carbocycles. The van der Waals surface area contributed by atoms with Crippen LogP contribution in [0.5, 0.6) is 0 Å². The Morgan fingerprint density at radius 1 is 1.50 bits per heavy atom. The Morgan fingerprint density at radius 2 is 2.33 bits per heavy atom. The second-order valence-corrected chi connectivity index (χ2v) is 5.69. The second kappa shape index (κ2) is 6.17. The molecular formula is C9H18OS2. The molecule has 0 bridgehead atoms. The molecule has 0 spiro atoms. The second-order valence-electron chi connectivity index (χ2n) is 3.19. The van der Waals surface area contributed by atoms with Gasteiger partial charge < -0.3 is 5.11 Å². The van der Waals surface area contributed by atoms with Gasteiger partial charge in [0.2, 0.25) is 0 Å². The molecule has 1 N–H and O–H groups in total. The topological polar surface area (TPSA) is 20.2 Å². The van der Waals surface area contributed by atoms with Crippen molar-refractivity contribution in [2.75, 3.05) is 17.3 Å². The van der Waals surface area contributed by atoms with Crippen LogP contribution in [0.4, 0.5) is 0 Å². The number of rotatable bonds is 4. The minimum Gasteiger partial charge on any atom is -0.392 e. The molecule has 0 aromatic heterocycles. The summed E-state index contributed by atoms with van der Waals surface area (Å²) in [6.07, 6.45) is 3.31. The summed E-state index contributed by atoms with van der Waals surface area (Å²) in [5.41, 5.74) is 0. The molecule has 2 unspecified atom stereocenters. The fourth-order valence-corrected chi connectivity index (χ4v) is 4.14. The van der Waals surface area contributed by atoms with Crippen molar-refractivity contribution in [3.8, 4) is 0 Å². The van der Waals surface area contributed by atoms with Gasteiger partial charge in [-0.05, 0) is 6.42 Å². The van der Waals surface area contributed by atoms with Crippen molar-refractivity contribution in [3.63, 3.8) is 0 Å². The Labute approximate surface area is 83.7 Å². The normalized spacial score (nSPS) is 27.0. The van der Waals surface area contributed by atoms with E-state index >= 15 is 0 Å². The molecule has 1 aliphatic rings. The average molecular weight is 206 g/mol. The number of aliphatic hydroxyl groups is 1. The van der Waals surface area contributed by atoms with Crippen molar-refractivity contribution >= 4 is 23.5 Å². The lowest BCUT2D eigenvalue weighted by molar-refractivity contribution is 0.164. The van der Waals surface area contributed by atoms with Gasteiger partial charge >= 0.3 is 0 Å². The van der Waals surface area contributed by atoms with Crippen molar-refractivity contribution in [2.45, 2.75) is 37.5 Å². The van der Waals surface area contributed by atoms with E-state index in [1.807, 2.05) is 23.5 Å². The van der Waals surface area contributed by atoms with Crippen LogP contribution in [0.1, 0.15) is 26.2 Å². The summed E-state index contributed by atoms with van der Waals surface area (Å²) in [5.74, 6) is 3.63. The van der Waals surface area contributed by atoms with Gasteiger partial charge in [-0.15, -0.1) is 0 Å². The zero-order chi connectivity index (χ0) is 8.81. The lowest BCUT2D eigenvalue weighted by Crippen LogP contribution is -2.28. The first-order valence-corrected chi connectivity index (χ1v) is 6.92. The van der Waals surface area contributed by atoms with Crippen LogP contribution in [-0.2, 0) is 0 Å². The van der Waals surface area contributed by atoms with E-state index in [0.717, 1.165) is 12.2 Å². The summed E-state index contributed by atoms with van der Waals surface area (Å²) in [6.45, 7) is 2.18. The van der Waals surface area contributed by atoms with Gasteiger partial charge in [-0.2, -0.15) is 23.5 Å². The van der Waals surface area contributed by atoms with Crippen molar-refractivity contribution in [2.24, 2.45) is 0 Å². The fourth-order valence-electron chi connectivity index (χ4n) is 1.33. The van der Waals surface area contributed by atoms with Crippen molar-refractivity contribution < 1.29 is 5.11 Å². The number of aliphatic hydroxyl groups excluding tert-OH is 1. The molecule has 0 aromatic rings. The maximum absolute atomic E-state index is 9.77. The average Bonchev–Trinajstić information content (AvgIpc) is 2.15. The number of unbranched alkanes of at least 4 members (excludes halogenated alkanes) is 1. The van der Waals surface area contributed by atoms with Gasteiger partial charge in [0.25, 0.3) is 0 Å². The van der Waals surface area contributed by atoms with Crippen molar-refractivity contribution in [3.05, 3.63) is 0 Å². The van der Waals surface area contributed by atoms with Gasteiger partial charge in [0.15, 0.2) is 0 Å². The van der Waals surface area contributed by atoms with E-state index in [1.165, 1.54) is 24.3 Å². The molecule has 0 radical (unpaired) electrons. The lowest BCUT2D eigenvalue weighted by atomic mass is 10.1. The monoisotopic (exact) mass is 206 g/mol. The van der Waals surface area contributed by atoms with Crippen LogP contribution in [0, 0.1) is 0 Å². The summed E-state index contributed by atoms with van der Waals surface area (Å²) in [7, 11) is 0. The van der Waals surface area contributed by atoms with E-state index in [-0.39, 0.29) is 6.10 Å². The lowest BCUT2D eigenvalue weighted by Gasteiger charge is -2.25. The largest absolute Gasteiger partial charge is 0.392 e. The Hall–Kier alpha value is 0.660. The first-order chi connectivity index (χ1) is 5.84. The Morgan fingerprint density at radius 3 is 2.92 bits per heavy atom. The summed E-state index contributed by atoms with van der Waals surface area (Å²) in [5, 5.41) is 10.3.